The van der Waals surface area contributed by atoms with E-state index >= 15 is 0 Å². The van der Waals surface area contributed by atoms with E-state index in [9.17, 15) is 0 Å². The van der Waals surface area contributed by atoms with Crippen molar-refractivity contribution in [2.45, 2.75) is 12.8 Å². The Kier molecular flexibility index (Phi) is 2.42. The minimum atomic E-state index is 1.13. The van der Waals surface area contributed by atoms with Crippen LogP contribution in [0.1, 0.15) is 17.7 Å². The maximum absolute atomic E-state index is 3.64. The van der Waals surface area contributed by atoms with Crippen molar-refractivity contribution in [3.8, 4) is 0 Å². The van der Waals surface area contributed by atoms with Crippen LogP contribution in [0.25, 0.3) is 49.6 Å². The van der Waals surface area contributed by atoms with Gasteiger partial charge in [0, 0.05) is 45.5 Å². The normalized spacial score (nSPS) is 14.1. The fourth-order valence-corrected chi connectivity index (χ4v) is 4.59. The van der Waals surface area contributed by atoms with Gasteiger partial charge in [-0.15, -0.1) is 0 Å². The van der Waals surface area contributed by atoms with Gasteiger partial charge in [-0.1, -0.05) is 42.5 Å². The number of benzene rings is 3. The number of aromatic amines is 1. The third-order valence-corrected chi connectivity index (χ3v) is 5.80. The molecule has 0 amide bonds. The minimum absolute atomic E-state index is 1.13. The number of nitrogens with one attached hydrogen (secondary N) is 1. The highest BCUT2D eigenvalue weighted by molar-refractivity contribution is 6.22. The molecule has 0 fully saturated rings. The van der Waals surface area contributed by atoms with E-state index in [0.29, 0.717) is 0 Å². The van der Waals surface area contributed by atoms with E-state index in [2.05, 4.69) is 77.3 Å². The number of aryl methyl sites for hydroxylation is 1. The lowest BCUT2D eigenvalue weighted by molar-refractivity contribution is 0.824. The number of nitrogens with zero attached hydrogens (tertiary/aromatic N) is 1. The molecule has 2 nitrogen and oxygen atoms in total. The highest BCUT2D eigenvalue weighted by Crippen LogP contribution is 2.38. The highest BCUT2D eigenvalue weighted by Gasteiger charge is 2.17. The lowest BCUT2D eigenvalue weighted by atomic mass is 10.00. The molecule has 1 aliphatic carbocycles. The molecule has 0 aliphatic heterocycles. The van der Waals surface area contributed by atoms with Crippen LogP contribution >= 0.6 is 0 Å². The van der Waals surface area contributed by atoms with Crippen molar-refractivity contribution >= 4 is 49.6 Å². The fourth-order valence-electron chi connectivity index (χ4n) is 4.59. The van der Waals surface area contributed by atoms with Crippen molar-refractivity contribution in [1.29, 1.82) is 0 Å². The van der Waals surface area contributed by atoms with E-state index in [-0.39, 0.29) is 0 Å². The molecule has 0 saturated carbocycles. The summed E-state index contributed by atoms with van der Waals surface area (Å²) in [6.45, 7) is 0. The van der Waals surface area contributed by atoms with E-state index in [4.69, 9.17) is 0 Å². The van der Waals surface area contributed by atoms with Gasteiger partial charge in [0.2, 0.25) is 0 Å². The van der Waals surface area contributed by atoms with Gasteiger partial charge in [-0.3, -0.25) is 0 Å². The SMILES string of the molecule is Cn1c2c(c3cc4c(cc31)[nH]c1ccc3ccccc3c14)C=CCC2. The van der Waals surface area contributed by atoms with Gasteiger partial charge >= 0.3 is 0 Å². The number of rotatable bonds is 0. The number of fused-ring (bicyclic) bond motifs is 8. The lowest BCUT2D eigenvalue weighted by Crippen LogP contribution is -1.99. The fraction of sp³-hybridized carbons (Fsp3) is 0.130. The molecule has 0 atom stereocenters. The van der Waals surface area contributed by atoms with Crippen LogP contribution in [-0.2, 0) is 13.5 Å². The second kappa shape index (κ2) is 4.54. The monoisotopic (exact) mass is 322 g/mol. The summed E-state index contributed by atoms with van der Waals surface area (Å²) >= 11 is 0. The van der Waals surface area contributed by atoms with Gasteiger partial charge < -0.3 is 9.55 Å². The zero-order valence-corrected chi connectivity index (χ0v) is 14.1. The summed E-state index contributed by atoms with van der Waals surface area (Å²) in [4.78, 5) is 3.64. The smallest absolute Gasteiger partial charge is 0.0507 e. The summed E-state index contributed by atoms with van der Waals surface area (Å²) in [7, 11) is 2.20. The zero-order chi connectivity index (χ0) is 16.5. The van der Waals surface area contributed by atoms with Gasteiger partial charge in [0.1, 0.15) is 0 Å². The molecule has 0 spiro atoms. The number of H-pyrrole nitrogens is 1. The minimum Gasteiger partial charge on any atom is -0.354 e. The predicted molar refractivity (Wildman–Crippen MR) is 107 cm³/mol. The third-order valence-electron chi connectivity index (χ3n) is 5.80. The number of hydrogen-bond donors (Lipinski definition) is 1. The molecule has 5 aromatic rings. The Balaban J connectivity index is 1.85. The van der Waals surface area contributed by atoms with Crippen LogP contribution in [0.2, 0.25) is 0 Å². The average molecular weight is 322 g/mol. The Bertz CT molecular complexity index is 1350. The Hall–Kier alpha value is -3.00. The van der Waals surface area contributed by atoms with Crippen LogP contribution in [0.3, 0.4) is 0 Å². The summed E-state index contributed by atoms with van der Waals surface area (Å²) in [6, 6.07) is 17.8. The molecular weight excluding hydrogens is 304 g/mol. The predicted octanol–water partition coefficient (Wildman–Crippen LogP) is 5.93. The van der Waals surface area contributed by atoms with Crippen molar-refractivity contribution in [3.05, 3.63) is 65.9 Å². The molecule has 1 aliphatic rings. The Morgan fingerprint density at radius 3 is 2.80 bits per heavy atom. The van der Waals surface area contributed by atoms with Crippen molar-refractivity contribution in [3.63, 3.8) is 0 Å². The van der Waals surface area contributed by atoms with Gasteiger partial charge in [0.15, 0.2) is 0 Å². The molecule has 25 heavy (non-hydrogen) atoms. The number of hydrogen-bond acceptors (Lipinski definition) is 0. The summed E-state index contributed by atoms with van der Waals surface area (Å²) < 4.78 is 2.37. The van der Waals surface area contributed by atoms with Gasteiger partial charge in [0.05, 0.1) is 5.52 Å². The first-order chi connectivity index (χ1) is 12.3. The molecule has 3 aromatic carbocycles. The standard InChI is InChI=1S/C23H18N2/c1-25-21-9-5-4-8-16(21)17-12-18-20(13-22(17)25)24-19-11-10-14-6-2-3-7-15(14)23(18)19/h2-4,6-8,10-13,24H,5,9H2,1H3. The zero-order valence-electron chi connectivity index (χ0n) is 14.1. The van der Waals surface area contributed by atoms with Crippen LogP contribution in [0, 0.1) is 0 Å². The first-order valence-electron chi connectivity index (χ1n) is 8.92. The van der Waals surface area contributed by atoms with Gasteiger partial charge in [-0.2, -0.15) is 0 Å². The maximum atomic E-state index is 3.64. The number of aromatic nitrogens is 2. The highest BCUT2D eigenvalue weighted by atomic mass is 15.0. The largest absolute Gasteiger partial charge is 0.354 e. The summed E-state index contributed by atoms with van der Waals surface area (Å²) in [5.74, 6) is 0. The van der Waals surface area contributed by atoms with Gasteiger partial charge in [-0.05, 0) is 41.8 Å². The first kappa shape index (κ1) is 13.3. The maximum Gasteiger partial charge on any atom is 0.0507 e. The Morgan fingerprint density at radius 2 is 1.84 bits per heavy atom. The van der Waals surface area contributed by atoms with Gasteiger partial charge in [-0.25, -0.2) is 0 Å². The Labute approximate surface area is 145 Å². The average Bonchev–Trinajstić information content (AvgIpc) is 3.16. The second-order valence-corrected chi connectivity index (χ2v) is 7.11. The third kappa shape index (κ3) is 1.64. The van der Waals surface area contributed by atoms with Crippen LogP contribution in [0.4, 0.5) is 0 Å². The van der Waals surface area contributed by atoms with E-state index in [1.54, 1.807) is 0 Å². The molecule has 120 valence electrons. The van der Waals surface area contributed by atoms with Crippen LogP contribution in [0.5, 0.6) is 0 Å². The molecule has 2 aromatic heterocycles. The topological polar surface area (TPSA) is 20.7 Å². The summed E-state index contributed by atoms with van der Waals surface area (Å²) in [5.41, 5.74) is 6.62. The molecular formula is C23H18N2. The van der Waals surface area contributed by atoms with E-state index in [0.717, 1.165) is 12.8 Å². The van der Waals surface area contributed by atoms with E-state index in [1.165, 1.54) is 54.7 Å². The first-order valence-corrected chi connectivity index (χ1v) is 8.92. The molecule has 0 bridgehead atoms. The van der Waals surface area contributed by atoms with Crippen LogP contribution in [-0.4, -0.2) is 9.55 Å². The molecule has 0 unspecified atom stereocenters. The molecule has 1 N–H and O–H groups in total. The molecule has 2 heteroatoms. The molecule has 0 radical (unpaired) electrons. The lowest BCUT2D eigenvalue weighted by Gasteiger charge is -2.07. The molecule has 2 heterocycles. The van der Waals surface area contributed by atoms with E-state index in [1.807, 2.05) is 0 Å². The summed E-state index contributed by atoms with van der Waals surface area (Å²) in [5, 5.41) is 6.66. The quantitative estimate of drug-likeness (QED) is 0.365. The Morgan fingerprint density at radius 1 is 0.920 bits per heavy atom. The van der Waals surface area contributed by atoms with Crippen LogP contribution < -0.4 is 0 Å². The molecule has 6 rings (SSSR count). The summed E-state index contributed by atoms with van der Waals surface area (Å²) in [6.07, 6.45) is 6.88. The van der Waals surface area contributed by atoms with Gasteiger partial charge in [0.25, 0.3) is 0 Å². The second-order valence-electron chi connectivity index (χ2n) is 7.11. The van der Waals surface area contributed by atoms with Crippen LogP contribution in [0.15, 0.2) is 54.6 Å². The van der Waals surface area contributed by atoms with Crippen molar-refractivity contribution in [2.24, 2.45) is 7.05 Å². The molecule has 0 saturated heterocycles. The van der Waals surface area contributed by atoms with E-state index < -0.39 is 0 Å². The van der Waals surface area contributed by atoms with Crippen molar-refractivity contribution in [1.82, 2.24) is 9.55 Å². The number of allylic oxidation sites excluding steroid dienone is 1. The van der Waals surface area contributed by atoms with Crippen molar-refractivity contribution in [2.75, 3.05) is 0 Å². The van der Waals surface area contributed by atoms with Crippen molar-refractivity contribution < 1.29 is 0 Å².